The third-order valence-corrected chi connectivity index (χ3v) is 3.36. The number of hydrogen-bond donors (Lipinski definition) is 1. The number of ether oxygens (including phenoxy) is 1. The first kappa shape index (κ1) is 14.5. The van der Waals surface area contributed by atoms with Gasteiger partial charge in [-0.05, 0) is 48.4 Å². The van der Waals surface area contributed by atoms with Crippen molar-refractivity contribution in [2.24, 2.45) is 0 Å². The van der Waals surface area contributed by atoms with Crippen molar-refractivity contribution in [3.8, 4) is 5.75 Å². The summed E-state index contributed by atoms with van der Waals surface area (Å²) in [5.74, 6) is -1.17. The van der Waals surface area contributed by atoms with Gasteiger partial charge in [-0.3, -0.25) is 0 Å². The zero-order chi connectivity index (χ0) is 14.7. The van der Waals surface area contributed by atoms with Gasteiger partial charge in [0.2, 0.25) is 0 Å². The van der Waals surface area contributed by atoms with Gasteiger partial charge in [0, 0.05) is 4.47 Å². The smallest absolute Gasteiger partial charge is 0.339 e. The zero-order valence-corrected chi connectivity index (χ0v) is 12.3. The third-order valence-electron chi connectivity index (χ3n) is 2.87. The summed E-state index contributed by atoms with van der Waals surface area (Å²) in [5, 5.41) is 9.10. The first-order valence-corrected chi connectivity index (χ1v) is 6.67. The molecular weight excluding hydrogens is 327 g/mol. The monoisotopic (exact) mass is 338 g/mol. The Morgan fingerprint density at radius 1 is 1.30 bits per heavy atom. The van der Waals surface area contributed by atoms with Crippen LogP contribution in [0.3, 0.4) is 0 Å². The molecule has 0 spiro atoms. The van der Waals surface area contributed by atoms with Crippen molar-refractivity contribution in [1.82, 2.24) is 0 Å². The molecule has 0 heterocycles. The van der Waals surface area contributed by atoms with Gasteiger partial charge in [-0.1, -0.05) is 22.0 Å². The topological polar surface area (TPSA) is 46.5 Å². The molecule has 0 atom stereocenters. The van der Waals surface area contributed by atoms with E-state index in [1.165, 1.54) is 18.2 Å². The molecule has 20 heavy (non-hydrogen) atoms. The Hall–Kier alpha value is -1.88. The molecule has 2 aromatic rings. The molecule has 0 aliphatic heterocycles. The van der Waals surface area contributed by atoms with Crippen LogP contribution >= 0.6 is 15.9 Å². The van der Waals surface area contributed by atoms with E-state index in [0.29, 0.717) is 10.0 Å². The quantitative estimate of drug-likeness (QED) is 0.909. The van der Waals surface area contributed by atoms with Crippen LogP contribution in [0.15, 0.2) is 40.9 Å². The van der Waals surface area contributed by atoms with Gasteiger partial charge < -0.3 is 9.84 Å². The predicted octanol–water partition coefficient (Wildman–Crippen LogP) is 4.17. The van der Waals surface area contributed by atoms with Crippen LogP contribution in [-0.4, -0.2) is 11.1 Å². The normalized spacial score (nSPS) is 10.3. The fourth-order valence-corrected chi connectivity index (χ4v) is 2.08. The van der Waals surface area contributed by atoms with Crippen molar-refractivity contribution < 1.29 is 19.0 Å². The maximum absolute atomic E-state index is 13.2. The standard InChI is InChI=1S/C15H12BrFO3/c1-9-2-4-12(17)6-10(9)8-20-14-7-11(16)3-5-13(14)15(18)19/h2-7H,8H2,1H3,(H,18,19). The summed E-state index contributed by atoms with van der Waals surface area (Å²) in [7, 11) is 0. The van der Waals surface area contributed by atoms with E-state index in [4.69, 9.17) is 9.84 Å². The third kappa shape index (κ3) is 3.36. The number of aryl methyl sites for hydroxylation is 1. The van der Waals surface area contributed by atoms with Crippen molar-refractivity contribution in [2.75, 3.05) is 0 Å². The van der Waals surface area contributed by atoms with Gasteiger partial charge >= 0.3 is 5.97 Å². The second-order valence-corrected chi connectivity index (χ2v) is 5.22. The number of halogens is 2. The minimum Gasteiger partial charge on any atom is -0.488 e. The van der Waals surface area contributed by atoms with E-state index in [2.05, 4.69) is 15.9 Å². The Balaban J connectivity index is 2.24. The van der Waals surface area contributed by atoms with Gasteiger partial charge in [0.25, 0.3) is 0 Å². The zero-order valence-electron chi connectivity index (χ0n) is 10.7. The van der Waals surface area contributed by atoms with Crippen LogP contribution in [0.1, 0.15) is 21.5 Å². The number of aromatic carboxylic acids is 1. The average Bonchev–Trinajstić information content (AvgIpc) is 2.39. The first-order chi connectivity index (χ1) is 9.47. The molecule has 2 rings (SSSR count). The highest BCUT2D eigenvalue weighted by Gasteiger charge is 2.12. The van der Waals surface area contributed by atoms with Crippen LogP contribution in [0.5, 0.6) is 5.75 Å². The summed E-state index contributed by atoms with van der Waals surface area (Å²) in [6.07, 6.45) is 0. The number of hydrogen-bond acceptors (Lipinski definition) is 2. The Bertz CT molecular complexity index is 656. The molecule has 0 fully saturated rings. The molecule has 0 aromatic heterocycles. The van der Waals surface area contributed by atoms with E-state index in [1.54, 1.807) is 18.2 Å². The molecule has 104 valence electrons. The molecule has 3 nitrogen and oxygen atoms in total. The van der Waals surface area contributed by atoms with Gasteiger partial charge in [0.15, 0.2) is 0 Å². The SMILES string of the molecule is Cc1ccc(F)cc1COc1cc(Br)ccc1C(=O)O. The van der Waals surface area contributed by atoms with Crippen LogP contribution in [0.25, 0.3) is 0 Å². The molecule has 2 aromatic carbocycles. The fourth-order valence-electron chi connectivity index (χ4n) is 1.74. The molecule has 0 bridgehead atoms. The number of benzene rings is 2. The van der Waals surface area contributed by atoms with Crippen LogP contribution in [0.4, 0.5) is 4.39 Å². The molecule has 0 unspecified atom stereocenters. The van der Waals surface area contributed by atoms with Crippen molar-refractivity contribution in [3.63, 3.8) is 0 Å². The van der Waals surface area contributed by atoms with Crippen molar-refractivity contribution >= 4 is 21.9 Å². The van der Waals surface area contributed by atoms with E-state index in [9.17, 15) is 9.18 Å². The maximum atomic E-state index is 13.2. The highest BCUT2D eigenvalue weighted by molar-refractivity contribution is 9.10. The number of carboxylic acids is 1. The number of rotatable bonds is 4. The minimum atomic E-state index is -1.07. The molecule has 0 amide bonds. The summed E-state index contributed by atoms with van der Waals surface area (Å²) in [6.45, 7) is 1.96. The van der Waals surface area contributed by atoms with Crippen molar-refractivity contribution in [1.29, 1.82) is 0 Å². The van der Waals surface area contributed by atoms with E-state index in [1.807, 2.05) is 6.92 Å². The fraction of sp³-hybridized carbons (Fsp3) is 0.133. The van der Waals surface area contributed by atoms with Crippen molar-refractivity contribution in [3.05, 3.63) is 63.4 Å². The van der Waals surface area contributed by atoms with Crippen LogP contribution in [-0.2, 0) is 6.61 Å². The first-order valence-electron chi connectivity index (χ1n) is 5.88. The van der Waals surface area contributed by atoms with E-state index in [-0.39, 0.29) is 23.7 Å². The molecule has 5 heteroatoms. The predicted molar refractivity (Wildman–Crippen MR) is 76.6 cm³/mol. The van der Waals surface area contributed by atoms with E-state index < -0.39 is 5.97 Å². The lowest BCUT2D eigenvalue weighted by Gasteiger charge is -2.11. The lowest BCUT2D eigenvalue weighted by molar-refractivity contribution is 0.0691. The second-order valence-electron chi connectivity index (χ2n) is 4.31. The summed E-state index contributed by atoms with van der Waals surface area (Å²) in [6, 6.07) is 9.09. The molecule has 0 saturated heterocycles. The maximum Gasteiger partial charge on any atom is 0.339 e. The summed E-state index contributed by atoms with van der Waals surface area (Å²) >= 11 is 3.26. The van der Waals surface area contributed by atoms with Crippen LogP contribution in [0.2, 0.25) is 0 Å². The number of carbonyl (C=O) groups is 1. The Morgan fingerprint density at radius 2 is 2.05 bits per heavy atom. The molecule has 0 aliphatic rings. The lowest BCUT2D eigenvalue weighted by Crippen LogP contribution is -2.04. The van der Waals surface area contributed by atoms with Crippen molar-refractivity contribution in [2.45, 2.75) is 13.5 Å². The molecule has 0 saturated carbocycles. The summed E-state index contributed by atoms with van der Waals surface area (Å²) in [4.78, 5) is 11.1. The average molecular weight is 339 g/mol. The highest BCUT2D eigenvalue weighted by Crippen LogP contribution is 2.25. The minimum absolute atomic E-state index is 0.0715. The summed E-state index contributed by atoms with van der Waals surface area (Å²) in [5.41, 5.74) is 1.64. The van der Waals surface area contributed by atoms with Gasteiger partial charge in [0.05, 0.1) is 0 Å². The van der Waals surface area contributed by atoms with Gasteiger partial charge in [-0.15, -0.1) is 0 Å². The number of carboxylic acid groups (broad SMARTS) is 1. The van der Waals surface area contributed by atoms with Crippen LogP contribution in [0, 0.1) is 12.7 Å². The van der Waals surface area contributed by atoms with Gasteiger partial charge in [0.1, 0.15) is 23.7 Å². The van der Waals surface area contributed by atoms with E-state index >= 15 is 0 Å². The summed E-state index contributed by atoms with van der Waals surface area (Å²) < 4.78 is 19.4. The van der Waals surface area contributed by atoms with Crippen LogP contribution < -0.4 is 4.74 Å². The Morgan fingerprint density at radius 3 is 2.75 bits per heavy atom. The Kier molecular flexibility index (Phi) is 4.39. The largest absolute Gasteiger partial charge is 0.488 e. The van der Waals surface area contributed by atoms with Gasteiger partial charge in [-0.25, -0.2) is 9.18 Å². The van der Waals surface area contributed by atoms with E-state index in [0.717, 1.165) is 5.56 Å². The van der Waals surface area contributed by atoms with Gasteiger partial charge in [-0.2, -0.15) is 0 Å². The second kappa shape index (κ2) is 6.05. The molecule has 0 aliphatic carbocycles. The lowest BCUT2D eigenvalue weighted by atomic mass is 10.1. The Labute approximate surface area is 124 Å². The highest BCUT2D eigenvalue weighted by atomic mass is 79.9. The molecular formula is C15H12BrFO3. The molecule has 0 radical (unpaired) electrons. The molecule has 1 N–H and O–H groups in total.